The maximum absolute atomic E-state index is 11.3. The van der Waals surface area contributed by atoms with E-state index in [0.29, 0.717) is 6.54 Å². The number of ether oxygens (including phenoxy) is 1. The molecular weight excluding hydrogens is 232 g/mol. The van der Waals surface area contributed by atoms with E-state index in [-0.39, 0.29) is 5.60 Å². The van der Waals surface area contributed by atoms with Crippen LogP contribution in [-0.4, -0.2) is 36.6 Å². The normalized spacial score (nSPS) is 19.4. The Kier molecular flexibility index (Phi) is 4.56. The van der Waals surface area contributed by atoms with Gasteiger partial charge in [0.2, 0.25) is 5.91 Å². The number of alkyl halides is 1. The average Bonchev–Trinajstić information content (AvgIpc) is 2.16. The van der Waals surface area contributed by atoms with Gasteiger partial charge in [-0.1, -0.05) is 0 Å². The molecular formula is C10H17ClN2O3. The van der Waals surface area contributed by atoms with E-state index in [1.165, 1.54) is 6.92 Å². The summed E-state index contributed by atoms with van der Waals surface area (Å²) in [5, 5.41) is 4.04. The maximum atomic E-state index is 11.3. The summed E-state index contributed by atoms with van der Waals surface area (Å²) < 4.78 is 5.32. The van der Waals surface area contributed by atoms with Crippen molar-refractivity contribution in [1.29, 1.82) is 0 Å². The molecule has 5 nitrogen and oxygen atoms in total. The van der Waals surface area contributed by atoms with Crippen molar-refractivity contribution in [3.8, 4) is 0 Å². The lowest BCUT2D eigenvalue weighted by Crippen LogP contribution is -2.52. The number of carbonyl (C=O) groups excluding carboxylic acids is 2. The third-order valence-electron chi connectivity index (χ3n) is 2.87. The van der Waals surface area contributed by atoms with Crippen LogP contribution in [0, 0.1) is 0 Å². The van der Waals surface area contributed by atoms with Crippen LogP contribution in [0.25, 0.3) is 0 Å². The number of amides is 3. The minimum atomic E-state index is -0.717. The molecule has 1 fully saturated rings. The molecule has 0 radical (unpaired) electrons. The largest absolute Gasteiger partial charge is 0.376 e. The number of imide groups is 1. The first-order valence-electron chi connectivity index (χ1n) is 5.27. The first-order chi connectivity index (χ1) is 7.49. The molecule has 0 saturated heterocycles. The van der Waals surface area contributed by atoms with Crippen molar-refractivity contribution < 1.29 is 14.3 Å². The lowest BCUT2D eigenvalue weighted by molar-refractivity contribution is -0.119. The molecule has 0 aromatic carbocycles. The highest BCUT2D eigenvalue weighted by Gasteiger charge is 2.37. The number of rotatable bonds is 4. The smallest absolute Gasteiger partial charge is 0.321 e. The van der Waals surface area contributed by atoms with E-state index in [9.17, 15) is 9.59 Å². The highest BCUT2D eigenvalue weighted by atomic mass is 35.5. The van der Waals surface area contributed by atoms with Crippen LogP contribution in [0.3, 0.4) is 0 Å². The summed E-state index contributed by atoms with van der Waals surface area (Å²) >= 11 is 5.51. The Bertz CT molecular complexity index is 272. The summed E-state index contributed by atoms with van der Waals surface area (Å²) in [4.78, 5) is 22.4. The molecule has 1 aliphatic rings. The molecule has 1 aliphatic carbocycles. The summed E-state index contributed by atoms with van der Waals surface area (Å²) in [6.07, 6.45) is 2.97. The number of halogens is 1. The molecule has 3 amide bonds. The Labute approximate surface area is 99.9 Å². The molecule has 0 spiro atoms. The zero-order valence-electron chi connectivity index (χ0n) is 9.51. The van der Waals surface area contributed by atoms with Crippen molar-refractivity contribution in [2.24, 2.45) is 0 Å². The third-order valence-corrected chi connectivity index (χ3v) is 3.07. The van der Waals surface area contributed by atoms with Crippen LogP contribution in [0.5, 0.6) is 0 Å². The van der Waals surface area contributed by atoms with Gasteiger partial charge in [-0.15, -0.1) is 11.6 Å². The minimum Gasteiger partial charge on any atom is -0.376 e. The third kappa shape index (κ3) is 3.35. The zero-order valence-corrected chi connectivity index (χ0v) is 10.3. The maximum Gasteiger partial charge on any atom is 0.321 e. The van der Waals surface area contributed by atoms with Crippen molar-refractivity contribution in [2.75, 3.05) is 13.7 Å². The average molecular weight is 249 g/mol. The van der Waals surface area contributed by atoms with Gasteiger partial charge < -0.3 is 10.1 Å². The van der Waals surface area contributed by atoms with Gasteiger partial charge in [-0.05, 0) is 26.2 Å². The highest BCUT2D eigenvalue weighted by Crippen LogP contribution is 2.34. The van der Waals surface area contributed by atoms with Gasteiger partial charge in [-0.3, -0.25) is 10.1 Å². The minimum absolute atomic E-state index is 0.243. The Morgan fingerprint density at radius 2 is 2.12 bits per heavy atom. The lowest BCUT2D eigenvalue weighted by atomic mass is 9.80. The van der Waals surface area contributed by atoms with Gasteiger partial charge in [0.25, 0.3) is 0 Å². The van der Waals surface area contributed by atoms with Crippen molar-refractivity contribution in [3.63, 3.8) is 0 Å². The molecule has 0 aromatic heterocycles. The second-order valence-corrected chi connectivity index (χ2v) is 4.68. The molecule has 1 atom stereocenters. The Hall–Kier alpha value is -0.810. The van der Waals surface area contributed by atoms with Gasteiger partial charge in [0.05, 0.1) is 5.60 Å². The molecule has 0 bridgehead atoms. The molecule has 1 rings (SSSR count). The van der Waals surface area contributed by atoms with Gasteiger partial charge in [0.15, 0.2) is 0 Å². The predicted molar refractivity (Wildman–Crippen MR) is 60.4 cm³/mol. The quantitative estimate of drug-likeness (QED) is 0.730. The molecule has 16 heavy (non-hydrogen) atoms. The monoisotopic (exact) mass is 248 g/mol. The SMILES string of the molecule is COC1(CNC(=O)NC(=O)C(C)Cl)CCC1. The summed E-state index contributed by atoms with van der Waals surface area (Å²) in [6, 6.07) is -0.527. The van der Waals surface area contributed by atoms with E-state index in [2.05, 4.69) is 10.6 Å². The lowest BCUT2D eigenvalue weighted by Gasteiger charge is -2.40. The van der Waals surface area contributed by atoms with Gasteiger partial charge in [0, 0.05) is 13.7 Å². The molecule has 0 aromatic rings. The topological polar surface area (TPSA) is 67.4 Å². The molecule has 92 valence electrons. The van der Waals surface area contributed by atoms with Gasteiger partial charge >= 0.3 is 6.03 Å². The van der Waals surface area contributed by atoms with E-state index < -0.39 is 17.3 Å². The zero-order chi connectivity index (χ0) is 12.2. The summed E-state index contributed by atoms with van der Waals surface area (Å²) in [5.41, 5.74) is -0.243. The van der Waals surface area contributed by atoms with Crippen LogP contribution in [0.4, 0.5) is 4.79 Å². The van der Waals surface area contributed by atoms with Gasteiger partial charge in [0.1, 0.15) is 5.38 Å². The fourth-order valence-corrected chi connectivity index (χ4v) is 1.58. The van der Waals surface area contributed by atoms with Crippen molar-refractivity contribution in [3.05, 3.63) is 0 Å². The van der Waals surface area contributed by atoms with Crippen LogP contribution in [0.1, 0.15) is 26.2 Å². The summed E-state index contributed by atoms with van der Waals surface area (Å²) in [6.45, 7) is 1.92. The standard InChI is InChI=1S/C10H17ClN2O3/c1-7(11)8(14)13-9(15)12-6-10(16-2)4-3-5-10/h7H,3-6H2,1-2H3,(H2,12,13,14,15). The second-order valence-electron chi connectivity index (χ2n) is 4.03. The number of hydrogen-bond donors (Lipinski definition) is 2. The summed E-state index contributed by atoms with van der Waals surface area (Å²) in [7, 11) is 1.63. The molecule has 0 heterocycles. The number of nitrogens with one attached hydrogen (secondary N) is 2. The fourth-order valence-electron chi connectivity index (χ4n) is 1.52. The molecule has 2 N–H and O–H groups in total. The highest BCUT2D eigenvalue weighted by molar-refractivity contribution is 6.31. The first-order valence-corrected chi connectivity index (χ1v) is 5.71. The van der Waals surface area contributed by atoms with Crippen molar-refractivity contribution >= 4 is 23.5 Å². The van der Waals surface area contributed by atoms with Gasteiger partial charge in [-0.2, -0.15) is 0 Å². The van der Waals surface area contributed by atoms with Crippen LogP contribution >= 0.6 is 11.6 Å². The Morgan fingerprint density at radius 1 is 1.50 bits per heavy atom. The number of methoxy groups -OCH3 is 1. The summed E-state index contributed by atoms with van der Waals surface area (Å²) in [5.74, 6) is -0.501. The van der Waals surface area contributed by atoms with E-state index in [4.69, 9.17) is 16.3 Å². The number of carbonyl (C=O) groups is 2. The molecule has 0 aliphatic heterocycles. The van der Waals surface area contributed by atoms with Crippen molar-refractivity contribution in [2.45, 2.75) is 37.2 Å². The van der Waals surface area contributed by atoms with E-state index >= 15 is 0 Å². The van der Waals surface area contributed by atoms with Crippen LogP contribution in [-0.2, 0) is 9.53 Å². The van der Waals surface area contributed by atoms with E-state index in [1.807, 2.05) is 0 Å². The number of urea groups is 1. The van der Waals surface area contributed by atoms with E-state index in [1.54, 1.807) is 7.11 Å². The predicted octanol–water partition coefficient (Wildman–Crippen LogP) is 1.01. The second kappa shape index (κ2) is 5.50. The Balaban J connectivity index is 2.27. The molecule has 1 saturated carbocycles. The van der Waals surface area contributed by atoms with Crippen LogP contribution in [0.2, 0.25) is 0 Å². The van der Waals surface area contributed by atoms with Crippen LogP contribution in [0.15, 0.2) is 0 Å². The van der Waals surface area contributed by atoms with Gasteiger partial charge in [-0.25, -0.2) is 4.79 Å². The van der Waals surface area contributed by atoms with Crippen molar-refractivity contribution in [1.82, 2.24) is 10.6 Å². The number of hydrogen-bond acceptors (Lipinski definition) is 3. The molecule has 1 unspecified atom stereocenters. The first kappa shape index (κ1) is 13.3. The molecule has 6 heteroatoms. The van der Waals surface area contributed by atoms with Crippen LogP contribution < -0.4 is 10.6 Å². The Morgan fingerprint density at radius 3 is 2.50 bits per heavy atom. The fraction of sp³-hybridized carbons (Fsp3) is 0.800. The van der Waals surface area contributed by atoms with E-state index in [0.717, 1.165) is 19.3 Å².